The van der Waals surface area contributed by atoms with Gasteiger partial charge in [-0.25, -0.2) is 14.8 Å². The van der Waals surface area contributed by atoms with Crippen LogP contribution >= 0.6 is 23.2 Å². The summed E-state index contributed by atoms with van der Waals surface area (Å²) in [4.78, 5) is 24.4. The number of nitrogens with zero attached hydrogens (tertiary/aromatic N) is 3. The van der Waals surface area contributed by atoms with Crippen molar-refractivity contribution >= 4 is 35.1 Å². The van der Waals surface area contributed by atoms with Gasteiger partial charge in [-0.15, -0.1) is 0 Å². The molecular weight excluding hydrogens is 511 g/mol. The molecule has 1 saturated heterocycles. The van der Waals surface area contributed by atoms with E-state index in [1.807, 2.05) is 57.2 Å². The molecule has 3 aromatic rings. The Morgan fingerprint density at radius 3 is 2.46 bits per heavy atom. The van der Waals surface area contributed by atoms with Gasteiger partial charge in [-0.2, -0.15) is 0 Å². The first kappa shape index (κ1) is 27.2. The molecule has 2 heterocycles. The van der Waals surface area contributed by atoms with Crippen molar-refractivity contribution in [2.24, 2.45) is 0 Å². The molecule has 9 heteroatoms. The van der Waals surface area contributed by atoms with E-state index >= 15 is 0 Å². The number of carbonyl (C=O) groups is 1. The number of rotatable bonds is 9. The molecule has 1 fully saturated rings. The summed E-state index contributed by atoms with van der Waals surface area (Å²) < 4.78 is 11.5. The topological polar surface area (TPSA) is 76.6 Å². The monoisotopic (exact) mass is 542 g/mol. The average Bonchev–Trinajstić information content (AvgIpc) is 3.30. The highest BCUT2D eigenvalue weighted by Crippen LogP contribution is 2.33. The van der Waals surface area contributed by atoms with Crippen LogP contribution in [-0.4, -0.2) is 52.8 Å². The van der Waals surface area contributed by atoms with Crippen molar-refractivity contribution in [3.63, 3.8) is 0 Å². The number of aryl methyl sites for hydroxylation is 2. The molecule has 2 aromatic carbocycles. The van der Waals surface area contributed by atoms with Crippen LogP contribution in [0.15, 0.2) is 48.5 Å². The third kappa shape index (κ3) is 6.53. The van der Waals surface area contributed by atoms with Crippen LogP contribution < -0.4 is 5.32 Å². The number of likely N-dealkylation sites (tertiary alicyclic amines) is 1. The zero-order valence-electron chi connectivity index (χ0n) is 21.3. The smallest absolute Gasteiger partial charge is 0.410 e. The fraction of sp³-hybridized carbons (Fsp3) is 0.393. The first-order chi connectivity index (χ1) is 17.9. The number of anilines is 1. The van der Waals surface area contributed by atoms with E-state index in [0.717, 1.165) is 28.2 Å². The van der Waals surface area contributed by atoms with Crippen LogP contribution in [0, 0.1) is 0 Å². The van der Waals surface area contributed by atoms with Gasteiger partial charge in [0.2, 0.25) is 0 Å². The van der Waals surface area contributed by atoms with Gasteiger partial charge in [-0.05, 0) is 43.5 Å². The van der Waals surface area contributed by atoms with Gasteiger partial charge < -0.3 is 19.7 Å². The minimum absolute atomic E-state index is 0.154. The highest BCUT2D eigenvalue weighted by atomic mass is 35.5. The number of nitrogens with one attached hydrogen (secondary N) is 1. The largest absolute Gasteiger partial charge is 0.445 e. The average molecular weight is 543 g/mol. The van der Waals surface area contributed by atoms with Gasteiger partial charge in [0, 0.05) is 23.7 Å². The molecule has 0 aliphatic carbocycles. The normalized spacial score (nSPS) is 17.2. The second-order valence-electron chi connectivity index (χ2n) is 8.84. The van der Waals surface area contributed by atoms with Gasteiger partial charge in [-0.3, -0.25) is 0 Å². The van der Waals surface area contributed by atoms with E-state index in [1.165, 1.54) is 0 Å². The molecule has 1 aliphatic rings. The standard InChI is InChI=1S/C28H32Cl2N4O3/c1-4-22-26(20-13-12-19(29)14-21(20)30)31-23(5-2)27(32-22)33-24-15-34(16-25(24)36-6-3)28(35)37-17-18-10-8-7-9-11-18/h7-14,24-25H,4-6,15-17H2,1-3H3,(H,32,33)/t24-,25+/m0/s1. The Bertz CT molecular complexity index is 1230. The first-order valence-electron chi connectivity index (χ1n) is 12.6. The Hall–Kier alpha value is -2.87. The van der Waals surface area contributed by atoms with Gasteiger partial charge in [-0.1, -0.05) is 67.4 Å². The van der Waals surface area contributed by atoms with Crippen molar-refractivity contribution in [2.75, 3.05) is 25.0 Å². The molecule has 0 saturated carbocycles. The lowest BCUT2D eigenvalue weighted by atomic mass is 10.1. The summed E-state index contributed by atoms with van der Waals surface area (Å²) in [5, 5.41) is 4.64. The number of carbonyl (C=O) groups excluding carboxylic acids is 1. The summed E-state index contributed by atoms with van der Waals surface area (Å²) in [6, 6.07) is 14.9. The molecule has 2 atom stereocenters. The summed E-state index contributed by atoms with van der Waals surface area (Å²) >= 11 is 12.6. The predicted octanol–water partition coefficient (Wildman–Crippen LogP) is 6.41. The molecular formula is C28H32Cl2N4O3. The highest BCUT2D eigenvalue weighted by Gasteiger charge is 2.37. The van der Waals surface area contributed by atoms with Crippen molar-refractivity contribution in [2.45, 2.75) is 52.4 Å². The van der Waals surface area contributed by atoms with Crippen molar-refractivity contribution < 1.29 is 14.3 Å². The zero-order valence-corrected chi connectivity index (χ0v) is 22.9. The van der Waals surface area contributed by atoms with Crippen LogP contribution in [0.3, 0.4) is 0 Å². The molecule has 1 aromatic heterocycles. The molecule has 37 heavy (non-hydrogen) atoms. The third-order valence-electron chi connectivity index (χ3n) is 6.33. The van der Waals surface area contributed by atoms with Crippen LogP contribution in [0.25, 0.3) is 11.3 Å². The quantitative estimate of drug-likeness (QED) is 0.336. The molecule has 1 amide bonds. The summed E-state index contributed by atoms with van der Waals surface area (Å²) in [6.07, 6.45) is 0.794. The number of hydrogen-bond donors (Lipinski definition) is 1. The molecule has 0 spiro atoms. The second kappa shape index (κ2) is 12.6. The Morgan fingerprint density at radius 1 is 1.03 bits per heavy atom. The zero-order chi connectivity index (χ0) is 26.4. The van der Waals surface area contributed by atoms with Crippen molar-refractivity contribution in [1.29, 1.82) is 0 Å². The number of hydrogen-bond acceptors (Lipinski definition) is 6. The van der Waals surface area contributed by atoms with E-state index in [0.29, 0.717) is 48.4 Å². The third-order valence-corrected chi connectivity index (χ3v) is 6.88. The van der Waals surface area contributed by atoms with Crippen LogP contribution in [0.1, 0.15) is 37.7 Å². The van der Waals surface area contributed by atoms with Gasteiger partial charge >= 0.3 is 6.09 Å². The summed E-state index contributed by atoms with van der Waals surface area (Å²) in [6.45, 7) is 7.67. The summed E-state index contributed by atoms with van der Waals surface area (Å²) in [5.74, 6) is 0.697. The van der Waals surface area contributed by atoms with E-state index < -0.39 is 0 Å². The van der Waals surface area contributed by atoms with Crippen LogP contribution in [0.2, 0.25) is 10.0 Å². The van der Waals surface area contributed by atoms with E-state index in [9.17, 15) is 4.79 Å². The number of aromatic nitrogens is 2. The van der Waals surface area contributed by atoms with Gasteiger partial charge in [0.25, 0.3) is 0 Å². The first-order valence-corrected chi connectivity index (χ1v) is 13.4. The SMILES string of the molecule is CCO[C@@H]1CN(C(=O)OCc2ccccc2)C[C@@H]1Nc1nc(CC)c(-c2ccc(Cl)cc2Cl)nc1CC. The Morgan fingerprint density at radius 2 is 1.78 bits per heavy atom. The van der Waals surface area contributed by atoms with Crippen molar-refractivity contribution in [3.05, 3.63) is 75.5 Å². The number of ether oxygens (including phenoxy) is 2. The van der Waals surface area contributed by atoms with Crippen LogP contribution in [0.4, 0.5) is 10.6 Å². The lowest BCUT2D eigenvalue weighted by molar-refractivity contribution is 0.0580. The Labute approximate surface area is 228 Å². The minimum Gasteiger partial charge on any atom is -0.445 e. The van der Waals surface area contributed by atoms with Gasteiger partial charge in [0.05, 0.1) is 40.8 Å². The summed E-state index contributed by atoms with van der Waals surface area (Å²) in [7, 11) is 0. The molecule has 7 nitrogen and oxygen atoms in total. The molecule has 0 radical (unpaired) electrons. The fourth-order valence-corrected chi connectivity index (χ4v) is 4.94. The molecule has 0 bridgehead atoms. The molecule has 4 rings (SSSR count). The summed E-state index contributed by atoms with van der Waals surface area (Å²) in [5.41, 5.74) is 4.15. The Kier molecular flexibility index (Phi) is 9.24. The number of benzene rings is 2. The maximum atomic E-state index is 12.8. The fourth-order valence-electron chi connectivity index (χ4n) is 4.44. The number of halogens is 2. The van der Waals surface area contributed by atoms with Crippen molar-refractivity contribution in [3.8, 4) is 11.3 Å². The van der Waals surface area contributed by atoms with Gasteiger partial charge in [0.15, 0.2) is 0 Å². The van der Waals surface area contributed by atoms with E-state index in [-0.39, 0.29) is 24.8 Å². The van der Waals surface area contributed by atoms with Crippen LogP contribution in [0.5, 0.6) is 0 Å². The highest BCUT2D eigenvalue weighted by molar-refractivity contribution is 6.36. The van der Waals surface area contributed by atoms with E-state index in [1.54, 1.807) is 17.0 Å². The molecule has 0 unspecified atom stereocenters. The second-order valence-corrected chi connectivity index (χ2v) is 9.68. The maximum absolute atomic E-state index is 12.8. The minimum atomic E-state index is -0.360. The van der Waals surface area contributed by atoms with Crippen molar-refractivity contribution in [1.82, 2.24) is 14.9 Å². The Balaban J connectivity index is 1.54. The van der Waals surface area contributed by atoms with E-state index in [2.05, 4.69) is 5.32 Å². The number of amides is 1. The maximum Gasteiger partial charge on any atom is 0.410 e. The lowest BCUT2D eigenvalue weighted by Gasteiger charge is -2.22. The lowest BCUT2D eigenvalue weighted by Crippen LogP contribution is -2.35. The molecule has 196 valence electrons. The molecule has 1 aliphatic heterocycles. The van der Waals surface area contributed by atoms with Crippen LogP contribution in [-0.2, 0) is 28.9 Å². The van der Waals surface area contributed by atoms with Gasteiger partial charge in [0.1, 0.15) is 12.4 Å². The predicted molar refractivity (Wildman–Crippen MR) is 147 cm³/mol. The van der Waals surface area contributed by atoms with E-state index in [4.69, 9.17) is 42.6 Å². The molecule has 1 N–H and O–H groups in total.